The lowest BCUT2D eigenvalue weighted by Crippen LogP contribution is -2.25. The molecule has 2 heterocycles. The minimum atomic E-state index is -0.764. The second-order valence-corrected chi connectivity index (χ2v) is 6.81. The molecule has 1 aliphatic rings. The van der Waals surface area contributed by atoms with Crippen LogP contribution in [0.15, 0.2) is 5.51 Å². The van der Waals surface area contributed by atoms with E-state index >= 15 is 0 Å². The topological polar surface area (TPSA) is 39.2 Å². The lowest BCUT2D eigenvalue weighted by Gasteiger charge is -2.13. The molecule has 0 spiro atoms. The number of ether oxygens (including phenoxy) is 1. The Balaban J connectivity index is 1.86. The number of hydrogen-bond donors (Lipinski definition) is 0. The van der Waals surface area contributed by atoms with Crippen molar-refractivity contribution in [3.63, 3.8) is 0 Å². The summed E-state index contributed by atoms with van der Waals surface area (Å²) in [4.78, 5) is 5.47. The van der Waals surface area contributed by atoms with Crippen LogP contribution in [0.2, 0.25) is 0 Å². The molecule has 0 radical (unpaired) electrons. The normalized spacial score (nSPS) is 27.1. The Morgan fingerprint density at radius 3 is 3.06 bits per heavy atom. The average molecular weight is 259 g/mol. The van der Waals surface area contributed by atoms with E-state index in [1.54, 1.807) is 11.3 Å². The monoisotopic (exact) mass is 259 g/mol. The Labute approximate surface area is 103 Å². The molecule has 0 aromatic carbocycles. The molecule has 1 aromatic heterocycles. The van der Waals surface area contributed by atoms with Crippen molar-refractivity contribution in [2.45, 2.75) is 38.0 Å². The third kappa shape index (κ3) is 2.70. The van der Waals surface area contributed by atoms with Crippen LogP contribution in [0.3, 0.4) is 0 Å². The van der Waals surface area contributed by atoms with Crippen LogP contribution in [0.1, 0.15) is 23.9 Å². The fourth-order valence-corrected chi connectivity index (χ4v) is 4.45. The maximum absolute atomic E-state index is 12.1. The highest BCUT2D eigenvalue weighted by Crippen LogP contribution is 2.20. The first-order valence-corrected chi connectivity index (χ1v) is 7.82. The Kier molecular flexibility index (Phi) is 4.10. The lowest BCUT2D eigenvalue weighted by molar-refractivity contribution is 0.127. The first kappa shape index (κ1) is 12.2. The average Bonchev–Trinajstić information content (AvgIpc) is 2.84. The smallest absolute Gasteiger partial charge is 0.0797 e. The summed E-state index contributed by atoms with van der Waals surface area (Å²) in [6.07, 6.45) is 1.98. The van der Waals surface area contributed by atoms with Gasteiger partial charge in [-0.05, 0) is 26.7 Å². The molecule has 1 saturated heterocycles. The molecule has 5 heteroatoms. The molecule has 1 aromatic rings. The van der Waals surface area contributed by atoms with E-state index in [0.29, 0.717) is 0 Å². The van der Waals surface area contributed by atoms with Crippen LogP contribution < -0.4 is 0 Å². The van der Waals surface area contributed by atoms with Gasteiger partial charge in [0.1, 0.15) is 0 Å². The van der Waals surface area contributed by atoms with Gasteiger partial charge >= 0.3 is 0 Å². The molecule has 16 heavy (non-hydrogen) atoms. The maximum atomic E-state index is 12.1. The highest BCUT2D eigenvalue weighted by Gasteiger charge is 2.29. The van der Waals surface area contributed by atoms with E-state index in [1.165, 1.54) is 4.88 Å². The zero-order valence-corrected chi connectivity index (χ0v) is 11.3. The summed E-state index contributed by atoms with van der Waals surface area (Å²) in [6, 6.07) is 0. The minimum Gasteiger partial charge on any atom is -0.377 e. The van der Waals surface area contributed by atoms with Crippen LogP contribution in [0.4, 0.5) is 0 Å². The molecule has 2 rings (SSSR count). The summed E-state index contributed by atoms with van der Waals surface area (Å²) < 4.78 is 17.5. The molecule has 1 aliphatic heterocycles. The Morgan fingerprint density at radius 1 is 1.69 bits per heavy atom. The summed E-state index contributed by atoms with van der Waals surface area (Å²) in [6.45, 7) is 4.79. The molecule has 0 aliphatic carbocycles. The van der Waals surface area contributed by atoms with Crippen molar-refractivity contribution in [1.82, 2.24) is 4.98 Å². The van der Waals surface area contributed by atoms with Crippen LogP contribution >= 0.6 is 11.3 Å². The van der Waals surface area contributed by atoms with Crippen molar-refractivity contribution < 1.29 is 8.95 Å². The first-order valence-electron chi connectivity index (χ1n) is 5.56. The van der Waals surface area contributed by atoms with Crippen molar-refractivity contribution in [2.75, 3.05) is 12.4 Å². The third-order valence-electron chi connectivity index (χ3n) is 3.02. The molecule has 0 saturated carbocycles. The summed E-state index contributed by atoms with van der Waals surface area (Å²) in [5, 5.41) is 0.230. The van der Waals surface area contributed by atoms with Gasteiger partial charge in [-0.3, -0.25) is 4.21 Å². The van der Waals surface area contributed by atoms with Gasteiger partial charge in [0.15, 0.2) is 0 Å². The van der Waals surface area contributed by atoms with Crippen LogP contribution in [0, 0.1) is 6.92 Å². The van der Waals surface area contributed by atoms with Gasteiger partial charge in [0.25, 0.3) is 0 Å². The van der Waals surface area contributed by atoms with E-state index in [-0.39, 0.29) is 11.4 Å². The van der Waals surface area contributed by atoms with E-state index in [2.05, 4.69) is 4.98 Å². The standard InChI is InChI=1S/C11H17NO2S2/c1-8-10(15-7-12-8)4-6-16(13)11-3-5-14-9(11)2/h7,9,11H,3-6H2,1-2H3. The van der Waals surface area contributed by atoms with Gasteiger partial charge in [-0.15, -0.1) is 11.3 Å². The number of aromatic nitrogens is 1. The molecule has 3 atom stereocenters. The summed E-state index contributed by atoms with van der Waals surface area (Å²) >= 11 is 1.66. The van der Waals surface area contributed by atoms with E-state index < -0.39 is 10.8 Å². The van der Waals surface area contributed by atoms with Crippen molar-refractivity contribution in [2.24, 2.45) is 0 Å². The van der Waals surface area contributed by atoms with Gasteiger partial charge in [-0.2, -0.15) is 0 Å². The second kappa shape index (κ2) is 5.38. The van der Waals surface area contributed by atoms with Crippen LogP contribution in [0.5, 0.6) is 0 Å². The number of hydrogen-bond acceptors (Lipinski definition) is 4. The lowest BCUT2D eigenvalue weighted by atomic mass is 10.3. The molecule has 0 amide bonds. The highest BCUT2D eigenvalue weighted by atomic mass is 32.2. The molecular weight excluding hydrogens is 242 g/mol. The molecular formula is C11H17NO2S2. The van der Waals surface area contributed by atoms with Crippen LogP contribution in [0.25, 0.3) is 0 Å². The molecule has 3 nitrogen and oxygen atoms in total. The number of nitrogens with zero attached hydrogens (tertiary/aromatic N) is 1. The van der Waals surface area contributed by atoms with Crippen LogP contribution in [-0.2, 0) is 22.0 Å². The van der Waals surface area contributed by atoms with Gasteiger partial charge in [0.05, 0.1) is 22.6 Å². The molecule has 1 fully saturated rings. The Morgan fingerprint density at radius 2 is 2.50 bits per heavy atom. The fourth-order valence-electron chi connectivity index (χ4n) is 1.97. The number of rotatable bonds is 4. The molecule has 0 N–H and O–H groups in total. The predicted molar refractivity (Wildman–Crippen MR) is 67.4 cm³/mol. The van der Waals surface area contributed by atoms with Crippen molar-refractivity contribution >= 4 is 22.1 Å². The van der Waals surface area contributed by atoms with E-state index in [1.807, 2.05) is 19.4 Å². The predicted octanol–water partition coefficient (Wildman–Crippen LogP) is 1.92. The SMILES string of the molecule is Cc1ncsc1CCS(=O)C1CCOC1C. The Bertz CT molecular complexity index is 378. The zero-order chi connectivity index (χ0) is 11.5. The quantitative estimate of drug-likeness (QED) is 0.829. The van der Waals surface area contributed by atoms with Crippen molar-refractivity contribution in [3.05, 3.63) is 16.1 Å². The molecule has 3 unspecified atom stereocenters. The third-order valence-corrected chi connectivity index (χ3v) is 5.92. The minimum absolute atomic E-state index is 0.156. The summed E-state index contributed by atoms with van der Waals surface area (Å²) in [5.74, 6) is 0.737. The molecule has 0 bridgehead atoms. The van der Waals surface area contributed by atoms with E-state index in [4.69, 9.17) is 4.74 Å². The highest BCUT2D eigenvalue weighted by molar-refractivity contribution is 7.85. The summed E-state index contributed by atoms with van der Waals surface area (Å²) in [7, 11) is -0.764. The van der Waals surface area contributed by atoms with Crippen molar-refractivity contribution in [3.8, 4) is 0 Å². The van der Waals surface area contributed by atoms with Gasteiger partial charge in [0, 0.05) is 28.0 Å². The fraction of sp³-hybridized carbons (Fsp3) is 0.727. The first-order chi connectivity index (χ1) is 7.68. The maximum Gasteiger partial charge on any atom is 0.0797 e. The van der Waals surface area contributed by atoms with Gasteiger partial charge < -0.3 is 4.74 Å². The zero-order valence-electron chi connectivity index (χ0n) is 9.64. The Hall–Kier alpha value is -0.260. The number of thiazole rings is 1. The van der Waals surface area contributed by atoms with E-state index in [9.17, 15) is 4.21 Å². The van der Waals surface area contributed by atoms with Gasteiger partial charge in [-0.25, -0.2) is 4.98 Å². The van der Waals surface area contributed by atoms with Gasteiger partial charge in [-0.1, -0.05) is 0 Å². The second-order valence-electron chi connectivity index (χ2n) is 4.10. The van der Waals surface area contributed by atoms with Gasteiger partial charge in [0.2, 0.25) is 0 Å². The number of aryl methyl sites for hydroxylation is 2. The summed E-state index contributed by atoms with van der Waals surface area (Å²) in [5.41, 5.74) is 2.94. The molecule has 90 valence electrons. The van der Waals surface area contributed by atoms with Crippen LogP contribution in [-0.4, -0.2) is 32.9 Å². The van der Waals surface area contributed by atoms with E-state index in [0.717, 1.165) is 30.9 Å². The van der Waals surface area contributed by atoms with Crippen molar-refractivity contribution in [1.29, 1.82) is 0 Å². The largest absolute Gasteiger partial charge is 0.377 e.